The topological polar surface area (TPSA) is 49.9 Å². The van der Waals surface area contributed by atoms with Gasteiger partial charge in [0.15, 0.2) is 0 Å². The second-order valence-corrected chi connectivity index (χ2v) is 3.85. The third-order valence-electron chi connectivity index (χ3n) is 1.45. The number of alkyl halides is 2. The van der Waals surface area contributed by atoms with E-state index in [4.69, 9.17) is 11.6 Å². The van der Waals surface area contributed by atoms with Crippen LogP contribution in [0.3, 0.4) is 0 Å². The molecule has 3 nitrogen and oxygen atoms in total. The summed E-state index contributed by atoms with van der Waals surface area (Å²) in [4.78, 5) is 23.6. The van der Waals surface area contributed by atoms with Crippen LogP contribution in [0.25, 0.3) is 0 Å². The Morgan fingerprint density at radius 1 is 1.57 bits per heavy atom. The van der Waals surface area contributed by atoms with Gasteiger partial charge >= 0.3 is 0 Å². The van der Waals surface area contributed by atoms with Crippen LogP contribution in [0.15, 0.2) is 10.9 Å². The molecule has 0 aliphatic carbocycles. The summed E-state index contributed by atoms with van der Waals surface area (Å²) in [6.45, 7) is 0. The van der Waals surface area contributed by atoms with Gasteiger partial charge in [-0.3, -0.25) is 9.59 Å². The van der Waals surface area contributed by atoms with Crippen molar-refractivity contribution in [3.63, 3.8) is 0 Å². The van der Waals surface area contributed by atoms with Crippen molar-refractivity contribution in [2.75, 3.05) is 0 Å². The molecule has 0 bridgehead atoms. The molecule has 0 saturated carbocycles. The fraction of sp³-hybridized carbons (Fsp3) is 0.143. The van der Waals surface area contributed by atoms with Gasteiger partial charge in [0.25, 0.3) is 11.7 Å². The summed E-state index contributed by atoms with van der Waals surface area (Å²) in [6.07, 6.45) is -2.85. The largest absolute Gasteiger partial charge is 0.318 e. The monoisotopic (exact) mass is 333 g/mol. The first-order chi connectivity index (χ1) is 6.43. The highest BCUT2D eigenvalue weighted by Crippen LogP contribution is 2.26. The highest BCUT2D eigenvalue weighted by Gasteiger charge is 2.21. The SMILES string of the molecule is O=C(Cl)c1[nH]c(=O)cc(I)c1C(F)F. The molecule has 0 atom stereocenters. The maximum atomic E-state index is 12.4. The normalized spacial score (nSPS) is 10.6. The molecule has 1 heterocycles. The highest BCUT2D eigenvalue weighted by atomic mass is 127. The van der Waals surface area contributed by atoms with Crippen LogP contribution in [0.2, 0.25) is 0 Å². The standard InChI is InChI=1S/C7H3ClF2INO2/c8-6(14)5-4(7(9)10)2(11)1-3(13)12-5/h1,7H,(H,12,13). The van der Waals surface area contributed by atoms with Crippen LogP contribution in [0.4, 0.5) is 8.78 Å². The molecule has 0 spiro atoms. The van der Waals surface area contributed by atoms with Crippen molar-refractivity contribution in [2.24, 2.45) is 0 Å². The third-order valence-corrected chi connectivity index (χ3v) is 2.53. The van der Waals surface area contributed by atoms with Crippen molar-refractivity contribution in [3.8, 4) is 0 Å². The van der Waals surface area contributed by atoms with Gasteiger partial charge in [0.2, 0.25) is 5.56 Å². The van der Waals surface area contributed by atoms with Crippen molar-refractivity contribution in [1.82, 2.24) is 4.98 Å². The fourth-order valence-electron chi connectivity index (χ4n) is 0.907. The van der Waals surface area contributed by atoms with E-state index in [1.807, 2.05) is 4.98 Å². The molecule has 0 aliphatic heterocycles. The summed E-state index contributed by atoms with van der Waals surface area (Å²) in [7, 11) is 0. The lowest BCUT2D eigenvalue weighted by Gasteiger charge is -2.06. The molecule has 0 unspecified atom stereocenters. The molecule has 0 amide bonds. The lowest BCUT2D eigenvalue weighted by atomic mass is 10.2. The van der Waals surface area contributed by atoms with E-state index in [1.54, 1.807) is 22.6 Å². The Balaban J connectivity index is 3.52. The minimum atomic E-state index is -2.85. The smallest absolute Gasteiger partial charge is 0.269 e. The first-order valence-electron chi connectivity index (χ1n) is 3.34. The number of carbonyl (C=O) groups excluding carboxylic acids is 1. The second-order valence-electron chi connectivity index (χ2n) is 2.34. The fourth-order valence-corrected chi connectivity index (χ4v) is 1.84. The van der Waals surface area contributed by atoms with E-state index in [-0.39, 0.29) is 3.57 Å². The van der Waals surface area contributed by atoms with Crippen LogP contribution >= 0.6 is 34.2 Å². The van der Waals surface area contributed by atoms with Gasteiger partial charge in [-0.2, -0.15) is 0 Å². The van der Waals surface area contributed by atoms with Gasteiger partial charge in [0, 0.05) is 9.64 Å². The van der Waals surface area contributed by atoms with Gasteiger partial charge in [-0.1, -0.05) is 0 Å². The minimum Gasteiger partial charge on any atom is -0.318 e. The average molecular weight is 333 g/mol. The summed E-state index contributed by atoms with van der Waals surface area (Å²) in [5.74, 6) is 0. The quantitative estimate of drug-likeness (QED) is 0.667. The maximum absolute atomic E-state index is 12.4. The summed E-state index contributed by atoms with van der Waals surface area (Å²) in [5, 5.41) is -1.10. The molecule has 1 aromatic heterocycles. The Morgan fingerprint density at radius 3 is 2.57 bits per heavy atom. The van der Waals surface area contributed by atoms with E-state index in [2.05, 4.69) is 0 Å². The maximum Gasteiger partial charge on any atom is 0.269 e. The Kier molecular flexibility index (Phi) is 3.59. The Morgan fingerprint density at radius 2 is 2.14 bits per heavy atom. The zero-order valence-electron chi connectivity index (χ0n) is 6.48. The van der Waals surface area contributed by atoms with Crippen molar-refractivity contribution >= 4 is 39.4 Å². The molecule has 1 aromatic rings. The number of hydrogen-bond acceptors (Lipinski definition) is 2. The van der Waals surface area contributed by atoms with Gasteiger partial charge in [-0.15, -0.1) is 0 Å². The zero-order valence-corrected chi connectivity index (χ0v) is 9.40. The van der Waals surface area contributed by atoms with Crippen LogP contribution in [-0.4, -0.2) is 10.2 Å². The first-order valence-corrected chi connectivity index (χ1v) is 4.80. The molecule has 0 aliphatic rings. The molecule has 0 saturated heterocycles. The first kappa shape index (κ1) is 11.6. The number of nitrogens with one attached hydrogen (secondary N) is 1. The Bertz CT molecular complexity index is 432. The predicted octanol–water partition coefficient (Wildman–Crippen LogP) is 2.30. The van der Waals surface area contributed by atoms with E-state index in [0.29, 0.717) is 0 Å². The molecule has 1 N–H and O–H groups in total. The number of aromatic nitrogens is 1. The minimum absolute atomic E-state index is 0.0188. The Hall–Kier alpha value is -0.500. The van der Waals surface area contributed by atoms with Crippen LogP contribution in [0.1, 0.15) is 22.5 Å². The van der Waals surface area contributed by atoms with Crippen molar-refractivity contribution in [1.29, 1.82) is 0 Å². The van der Waals surface area contributed by atoms with Crippen LogP contribution in [0, 0.1) is 3.57 Å². The number of halogens is 4. The Labute approximate surface area is 95.6 Å². The highest BCUT2D eigenvalue weighted by molar-refractivity contribution is 14.1. The molecular weight excluding hydrogens is 330 g/mol. The van der Waals surface area contributed by atoms with Crippen molar-refractivity contribution in [3.05, 3.63) is 31.2 Å². The van der Waals surface area contributed by atoms with Gasteiger partial charge in [0.1, 0.15) is 5.69 Å². The molecule has 1 rings (SSSR count). The summed E-state index contributed by atoms with van der Waals surface area (Å²) in [6, 6.07) is 0.978. The van der Waals surface area contributed by atoms with Crippen molar-refractivity contribution in [2.45, 2.75) is 6.43 Å². The van der Waals surface area contributed by atoms with Crippen LogP contribution < -0.4 is 5.56 Å². The van der Waals surface area contributed by atoms with Crippen molar-refractivity contribution < 1.29 is 13.6 Å². The van der Waals surface area contributed by atoms with Crippen LogP contribution in [0.5, 0.6) is 0 Å². The van der Waals surface area contributed by atoms with Gasteiger partial charge in [-0.25, -0.2) is 8.78 Å². The van der Waals surface area contributed by atoms with E-state index < -0.39 is 28.5 Å². The van der Waals surface area contributed by atoms with E-state index in [1.165, 1.54) is 0 Å². The zero-order chi connectivity index (χ0) is 10.9. The van der Waals surface area contributed by atoms with E-state index in [0.717, 1.165) is 6.07 Å². The molecule has 14 heavy (non-hydrogen) atoms. The lowest BCUT2D eigenvalue weighted by molar-refractivity contribution is 0.105. The molecular formula is C7H3ClF2INO2. The summed E-state index contributed by atoms with van der Waals surface area (Å²) in [5.41, 5.74) is -1.72. The number of rotatable bonds is 2. The molecule has 7 heteroatoms. The molecule has 76 valence electrons. The van der Waals surface area contributed by atoms with Gasteiger partial charge in [0.05, 0.1) is 5.56 Å². The van der Waals surface area contributed by atoms with E-state index >= 15 is 0 Å². The molecule has 0 fully saturated rings. The third kappa shape index (κ3) is 2.30. The second kappa shape index (κ2) is 4.35. The summed E-state index contributed by atoms with van der Waals surface area (Å²) < 4.78 is 24.9. The predicted molar refractivity (Wildman–Crippen MR) is 54.9 cm³/mol. The van der Waals surface area contributed by atoms with Crippen LogP contribution in [-0.2, 0) is 0 Å². The van der Waals surface area contributed by atoms with Gasteiger partial charge in [-0.05, 0) is 34.2 Å². The number of hydrogen-bond donors (Lipinski definition) is 1. The molecule has 0 radical (unpaired) electrons. The van der Waals surface area contributed by atoms with Gasteiger partial charge < -0.3 is 4.98 Å². The number of H-pyrrole nitrogens is 1. The summed E-state index contributed by atoms with van der Waals surface area (Å²) >= 11 is 6.60. The lowest BCUT2D eigenvalue weighted by Crippen LogP contribution is -2.15. The number of carbonyl (C=O) groups is 1. The average Bonchev–Trinajstić information content (AvgIpc) is 2.01. The number of pyridine rings is 1. The number of aromatic amines is 1. The molecule has 0 aromatic carbocycles. The van der Waals surface area contributed by atoms with E-state index in [9.17, 15) is 18.4 Å².